The molecule has 0 unspecified atom stereocenters. The Morgan fingerprint density at radius 2 is 2.00 bits per heavy atom. The zero-order valence-corrected chi connectivity index (χ0v) is 10.7. The molecule has 0 fully saturated rings. The predicted octanol–water partition coefficient (Wildman–Crippen LogP) is 4.63. The number of benzene rings is 1. The van der Waals surface area contributed by atoms with Crippen LogP contribution in [-0.2, 0) is 0 Å². The quantitative estimate of drug-likeness (QED) is 0.596. The number of hydrogen-bond donors (Lipinski definition) is 1. The SMILES string of the molecule is CC.CCCSNc1ccc(F)c(C)c1. The van der Waals surface area contributed by atoms with Crippen LogP contribution in [0.5, 0.6) is 0 Å². The van der Waals surface area contributed by atoms with E-state index in [-0.39, 0.29) is 5.82 Å². The second kappa shape index (κ2) is 8.60. The molecule has 1 N–H and O–H groups in total. The maximum atomic E-state index is 12.9. The number of nitrogens with one attached hydrogen (secondary N) is 1. The highest BCUT2D eigenvalue weighted by molar-refractivity contribution is 8.00. The van der Waals surface area contributed by atoms with E-state index in [0.717, 1.165) is 17.9 Å². The van der Waals surface area contributed by atoms with E-state index in [1.165, 1.54) is 6.07 Å². The lowest BCUT2D eigenvalue weighted by Crippen LogP contribution is -1.90. The van der Waals surface area contributed by atoms with Crippen molar-refractivity contribution in [1.29, 1.82) is 0 Å². The monoisotopic (exact) mass is 229 g/mol. The third-order valence-electron chi connectivity index (χ3n) is 1.65. The highest BCUT2D eigenvalue weighted by Crippen LogP contribution is 2.17. The van der Waals surface area contributed by atoms with Crippen LogP contribution in [-0.4, -0.2) is 5.75 Å². The maximum Gasteiger partial charge on any atom is 0.126 e. The van der Waals surface area contributed by atoms with Gasteiger partial charge in [-0.2, -0.15) is 0 Å². The second-order valence-corrected chi connectivity index (χ2v) is 3.82. The third-order valence-corrected chi connectivity index (χ3v) is 2.65. The zero-order valence-electron chi connectivity index (χ0n) is 9.93. The van der Waals surface area contributed by atoms with Gasteiger partial charge in [-0.3, -0.25) is 0 Å². The van der Waals surface area contributed by atoms with Crippen LogP contribution in [0.1, 0.15) is 32.8 Å². The molecule has 1 aromatic rings. The zero-order chi connectivity index (χ0) is 11.7. The smallest absolute Gasteiger partial charge is 0.126 e. The summed E-state index contributed by atoms with van der Waals surface area (Å²) in [5, 5.41) is 0. The molecule has 0 atom stereocenters. The molecule has 0 aromatic heterocycles. The Hall–Kier alpha value is -0.700. The van der Waals surface area contributed by atoms with Gasteiger partial charge in [0.25, 0.3) is 0 Å². The number of anilines is 1. The van der Waals surface area contributed by atoms with Crippen molar-refractivity contribution in [2.24, 2.45) is 0 Å². The summed E-state index contributed by atoms with van der Waals surface area (Å²) in [6.45, 7) is 7.90. The van der Waals surface area contributed by atoms with Crippen molar-refractivity contribution >= 4 is 17.6 Å². The lowest BCUT2D eigenvalue weighted by atomic mass is 10.2. The van der Waals surface area contributed by atoms with Crippen molar-refractivity contribution in [2.75, 3.05) is 10.5 Å². The number of rotatable bonds is 4. The van der Waals surface area contributed by atoms with Crippen LogP contribution in [0.15, 0.2) is 18.2 Å². The average molecular weight is 229 g/mol. The summed E-state index contributed by atoms with van der Waals surface area (Å²) in [7, 11) is 0. The van der Waals surface area contributed by atoms with E-state index in [2.05, 4.69) is 11.6 Å². The fraction of sp³-hybridized carbons (Fsp3) is 0.500. The minimum atomic E-state index is -0.147. The van der Waals surface area contributed by atoms with Gasteiger partial charge in [0.2, 0.25) is 0 Å². The molecule has 0 amide bonds. The van der Waals surface area contributed by atoms with E-state index in [0.29, 0.717) is 5.56 Å². The van der Waals surface area contributed by atoms with E-state index in [4.69, 9.17) is 0 Å². The van der Waals surface area contributed by atoms with Gasteiger partial charge in [-0.1, -0.05) is 32.7 Å². The van der Waals surface area contributed by atoms with Gasteiger partial charge < -0.3 is 4.72 Å². The predicted molar refractivity (Wildman–Crippen MR) is 68.9 cm³/mol. The van der Waals surface area contributed by atoms with Gasteiger partial charge in [0.1, 0.15) is 5.82 Å². The molecule has 3 heteroatoms. The standard InChI is InChI=1S/C10H14FNS.C2H6/c1-3-6-13-12-9-4-5-10(11)8(2)7-9;1-2/h4-5,7,12H,3,6H2,1-2H3;1-2H3. The van der Waals surface area contributed by atoms with Gasteiger partial charge in [-0.05, 0) is 37.1 Å². The first-order valence-corrected chi connectivity index (χ1v) is 6.36. The van der Waals surface area contributed by atoms with Gasteiger partial charge in [-0.25, -0.2) is 4.39 Å². The number of halogens is 1. The first-order chi connectivity index (χ1) is 7.24. The molecular formula is C12H20FNS. The van der Waals surface area contributed by atoms with E-state index in [1.54, 1.807) is 24.9 Å². The van der Waals surface area contributed by atoms with Crippen molar-refractivity contribution in [1.82, 2.24) is 0 Å². The fourth-order valence-electron chi connectivity index (χ4n) is 0.945. The van der Waals surface area contributed by atoms with Crippen LogP contribution in [0.3, 0.4) is 0 Å². The van der Waals surface area contributed by atoms with Gasteiger partial charge in [0, 0.05) is 11.4 Å². The van der Waals surface area contributed by atoms with Crippen molar-refractivity contribution in [3.8, 4) is 0 Å². The molecule has 0 aliphatic carbocycles. The van der Waals surface area contributed by atoms with Crippen LogP contribution < -0.4 is 4.72 Å². The van der Waals surface area contributed by atoms with Gasteiger partial charge >= 0.3 is 0 Å². The van der Waals surface area contributed by atoms with E-state index < -0.39 is 0 Å². The molecule has 15 heavy (non-hydrogen) atoms. The third kappa shape index (κ3) is 5.67. The molecule has 0 bridgehead atoms. The Balaban J connectivity index is 0.000000921. The van der Waals surface area contributed by atoms with Gasteiger partial charge in [0.15, 0.2) is 0 Å². The molecule has 1 rings (SSSR count). The van der Waals surface area contributed by atoms with Crippen molar-refractivity contribution in [3.63, 3.8) is 0 Å². The van der Waals surface area contributed by atoms with E-state index in [9.17, 15) is 4.39 Å². The van der Waals surface area contributed by atoms with Crippen LogP contribution in [0.4, 0.5) is 10.1 Å². The van der Waals surface area contributed by atoms with Crippen LogP contribution in [0, 0.1) is 12.7 Å². The maximum absolute atomic E-state index is 12.9. The summed E-state index contributed by atoms with van der Waals surface area (Å²) in [5.74, 6) is 0.919. The number of hydrogen-bond acceptors (Lipinski definition) is 2. The van der Waals surface area contributed by atoms with Gasteiger partial charge in [0.05, 0.1) is 0 Å². The number of aryl methyl sites for hydroxylation is 1. The second-order valence-electron chi connectivity index (χ2n) is 2.91. The summed E-state index contributed by atoms with van der Waals surface area (Å²) in [6, 6.07) is 5.06. The van der Waals surface area contributed by atoms with Crippen LogP contribution in [0.25, 0.3) is 0 Å². The topological polar surface area (TPSA) is 12.0 Å². The molecule has 0 heterocycles. The minimum absolute atomic E-state index is 0.147. The molecule has 86 valence electrons. The Morgan fingerprint density at radius 1 is 1.33 bits per heavy atom. The Labute approximate surface area is 96.6 Å². The first kappa shape index (κ1) is 14.3. The summed E-state index contributed by atoms with van der Waals surface area (Å²) in [4.78, 5) is 0. The van der Waals surface area contributed by atoms with Gasteiger partial charge in [-0.15, -0.1) is 0 Å². The normalized spacial score (nSPS) is 9.13. The highest BCUT2D eigenvalue weighted by Gasteiger charge is 1.97. The van der Waals surface area contributed by atoms with E-state index >= 15 is 0 Å². The summed E-state index contributed by atoms with van der Waals surface area (Å²) < 4.78 is 16.0. The molecule has 0 aliphatic rings. The molecule has 0 radical (unpaired) electrons. The first-order valence-electron chi connectivity index (χ1n) is 5.38. The molecule has 0 saturated heterocycles. The highest BCUT2D eigenvalue weighted by atomic mass is 32.2. The summed E-state index contributed by atoms with van der Waals surface area (Å²) in [5.41, 5.74) is 1.65. The molecule has 1 nitrogen and oxygen atoms in total. The molecule has 0 aliphatic heterocycles. The summed E-state index contributed by atoms with van der Waals surface area (Å²) in [6.07, 6.45) is 1.14. The largest absolute Gasteiger partial charge is 0.330 e. The van der Waals surface area contributed by atoms with Crippen molar-refractivity contribution in [3.05, 3.63) is 29.6 Å². The Bertz CT molecular complexity index is 276. The Morgan fingerprint density at radius 3 is 2.53 bits per heavy atom. The molecule has 0 saturated carbocycles. The fourth-order valence-corrected chi connectivity index (χ4v) is 1.54. The average Bonchev–Trinajstić information content (AvgIpc) is 2.27. The van der Waals surface area contributed by atoms with E-state index in [1.807, 2.05) is 19.9 Å². The molecular weight excluding hydrogens is 209 g/mol. The van der Waals surface area contributed by atoms with Crippen LogP contribution >= 0.6 is 11.9 Å². The Kier molecular flexibility index (Phi) is 8.19. The van der Waals surface area contributed by atoms with Crippen molar-refractivity contribution in [2.45, 2.75) is 34.1 Å². The lowest BCUT2D eigenvalue weighted by Gasteiger charge is -2.05. The molecule has 1 aromatic carbocycles. The lowest BCUT2D eigenvalue weighted by molar-refractivity contribution is 0.619. The van der Waals surface area contributed by atoms with Crippen LogP contribution in [0.2, 0.25) is 0 Å². The minimum Gasteiger partial charge on any atom is -0.330 e. The summed E-state index contributed by atoms with van der Waals surface area (Å²) >= 11 is 1.65. The molecule has 0 spiro atoms. The van der Waals surface area contributed by atoms with Crippen molar-refractivity contribution < 1.29 is 4.39 Å².